The molecule has 1 heterocycles. The lowest BCUT2D eigenvalue weighted by Gasteiger charge is -2.15. The molecule has 0 spiro atoms. The SMILES string of the molecule is CCCS(=O)(=O)c1ccccc1Cc1nc(Nc2ccc(O)cc2)ncc1C(=O)Nc1c(F)cccc1Cl. The number of aromatic hydroxyl groups is 1. The zero-order valence-corrected chi connectivity index (χ0v) is 21.9. The summed E-state index contributed by atoms with van der Waals surface area (Å²) in [5.41, 5.74) is 1.07. The smallest absolute Gasteiger partial charge is 0.259 e. The fourth-order valence-electron chi connectivity index (χ4n) is 3.79. The highest BCUT2D eigenvalue weighted by Crippen LogP contribution is 2.27. The van der Waals surface area contributed by atoms with Gasteiger partial charge < -0.3 is 15.7 Å². The summed E-state index contributed by atoms with van der Waals surface area (Å²) >= 11 is 6.08. The van der Waals surface area contributed by atoms with E-state index in [1.165, 1.54) is 42.6 Å². The van der Waals surface area contributed by atoms with Gasteiger partial charge in [-0.25, -0.2) is 22.8 Å². The summed E-state index contributed by atoms with van der Waals surface area (Å²) in [5, 5.41) is 15.0. The Morgan fingerprint density at radius 2 is 1.79 bits per heavy atom. The minimum Gasteiger partial charge on any atom is -0.508 e. The maximum Gasteiger partial charge on any atom is 0.259 e. The molecule has 0 atom stereocenters. The third-order valence-electron chi connectivity index (χ3n) is 5.58. The average Bonchev–Trinajstić information content (AvgIpc) is 2.88. The number of hydrogen-bond donors (Lipinski definition) is 3. The van der Waals surface area contributed by atoms with E-state index in [1.807, 2.05) is 0 Å². The maximum atomic E-state index is 14.3. The van der Waals surface area contributed by atoms with Crippen LogP contribution in [0.5, 0.6) is 5.75 Å². The van der Waals surface area contributed by atoms with Gasteiger partial charge in [0, 0.05) is 18.3 Å². The number of phenolic OH excluding ortho intramolecular Hbond substituents is 1. The predicted molar refractivity (Wildman–Crippen MR) is 144 cm³/mol. The van der Waals surface area contributed by atoms with Crippen LogP contribution in [-0.2, 0) is 16.3 Å². The van der Waals surface area contributed by atoms with Crippen molar-refractivity contribution in [2.24, 2.45) is 0 Å². The number of benzene rings is 3. The molecule has 0 radical (unpaired) electrons. The van der Waals surface area contributed by atoms with Gasteiger partial charge in [-0.15, -0.1) is 0 Å². The Morgan fingerprint density at radius 1 is 1.05 bits per heavy atom. The van der Waals surface area contributed by atoms with Crippen molar-refractivity contribution in [2.45, 2.75) is 24.7 Å². The number of sulfone groups is 1. The number of nitrogens with one attached hydrogen (secondary N) is 2. The third-order valence-corrected chi connectivity index (χ3v) is 7.90. The second kappa shape index (κ2) is 11.6. The van der Waals surface area contributed by atoms with E-state index in [4.69, 9.17) is 11.6 Å². The van der Waals surface area contributed by atoms with Crippen LogP contribution in [0.25, 0.3) is 0 Å². The molecule has 1 aromatic heterocycles. The van der Waals surface area contributed by atoms with Crippen LogP contribution in [0.15, 0.2) is 77.8 Å². The molecule has 3 N–H and O–H groups in total. The number of para-hydroxylation sites is 1. The minimum absolute atomic E-state index is 0.0142. The number of aromatic nitrogens is 2. The Bertz CT molecular complexity index is 1560. The van der Waals surface area contributed by atoms with Crippen molar-refractivity contribution >= 4 is 44.7 Å². The summed E-state index contributed by atoms with van der Waals surface area (Å²) in [5.74, 6) is -1.23. The van der Waals surface area contributed by atoms with Crippen LogP contribution in [0.4, 0.5) is 21.7 Å². The first kappa shape index (κ1) is 27.0. The quantitative estimate of drug-likeness (QED) is 0.225. The van der Waals surface area contributed by atoms with Gasteiger partial charge in [0.25, 0.3) is 5.91 Å². The van der Waals surface area contributed by atoms with Crippen LogP contribution in [0.2, 0.25) is 5.02 Å². The van der Waals surface area contributed by atoms with Crippen LogP contribution in [0.3, 0.4) is 0 Å². The number of carbonyl (C=O) groups is 1. The Kier molecular flexibility index (Phi) is 8.23. The number of carbonyl (C=O) groups excluding carboxylic acids is 1. The lowest BCUT2D eigenvalue weighted by molar-refractivity contribution is 0.102. The number of anilines is 3. The summed E-state index contributed by atoms with van der Waals surface area (Å²) in [6, 6.07) is 16.7. The monoisotopic (exact) mass is 554 g/mol. The Hall–Kier alpha value is -4.02. The molecular weight excluding hydrogens is 531 g/mol. The average molecular weight is 555 g/mol. The summed E-state index contributed by atoms with van der Waals surface area (Å²) in [6.45, 7) is 1.78. The number of amides is 1. The van der Waals surface area contributed by atoms with Gasteiger partial charge in [-0.3, -0.25) is 4.79 Å². The van der Waals surface area contributed by atoms with E-state index in [0.29, 0.717) is 17.7 Å². The van der Waals surface area contributed by atoms with Crippen LogP contribution >= 0.6 is 11.6 Å². The molecular formula is C27H24ClFN4O4S. The molecule has 0 unspecified atom stereocenters. The van der Waals surface area contributed by atoms with E-state index in [1.54, 1.807) is 37.3 Å². The number of hydrogen-bond acceptors (Lipinski definition) is 7. The van der Waals surface area contributed by atoms with Crippen molar-refractivity contribution in [3.63, 3.8) is 0 Å². The van der Waals surface area contributed by atoms with Crippen molar-refractivity contribution in [1.82, 2.24) is 9.97 Å². The molecule has 3 aromatic carbocycles. The Morgan fingerprint density at radius 3 is 2.50 bits per heavy atom. The fourth-order valence-corrected chi connectivity index (χ4v) is 5.58. The fraction of sp³-hybridized carbons (Fsp3) is 0.148. The molecule has 0 aliphatic rings. The van der Waals surface area contributed by atoms with E-state index < -0.39 is 21.6 Å². The molecule has 0 aliphatic carbocycles. The molecule has 0 bridgehead atoms. The summed E-state index contributed by atoms with van der Waals surface area (Å²) < 4.78 is 40.2. The number of nitrogens with zero attached hydrogens (tertiary/aromatic N) is 2. The first-order chi connectivity index (χ1) is 18.2. The first-order valence-electron chi connectivity index (χ1n) is 11.7. The minimum atomic E-state index is -3.57. The van der Waals surface area contributed by atoms with Crippen LogP contribution < -0.4 is 10.6 Å². The van der Waals surface area contributed by atoms with Gasteiger partial charge >= 0.3 is 0 Å². The Labute approximate surface area is 224 Å². The zero-order chi connectivity index (χ0) is 27.3. The molecule has 4 aromatic rings. The molecule has 8 nitrogen and oxygen atoms in total. The highest BCUT2D eigenvalue weighted by atomic mass is 35.5. The van der Waals surface area contributed by atoms with Crippen LogP contribution in [-0.4, -0.2) is 35.2 Å². The van der Waals surface area contributed by atoms with Crippen molar-refractivity contribution in [2.75, 3.05) is 16.4 Å². The predicted octanol–water partition coefficient (Wildman–Crippen LogP) is 5.75. The van der Waals surface area contributed by atoms with E-state index in [2.05, 4.69) is 20.6 Å². The van der Waals surface area contributed by atoms with Crippen molar-refractivity contribution in [1.29, 1.82) is 0 Å². The molecule has 0 saturated carbocycles. The second-order valence-corrected chi connectivity index (χ2v) is 10.9. The van der Waals surface area contributed by atoms with Gasteiger partial charge in [-0.1, -0.05) is 42.8 Å². The second-order valence-electron chi connectivity index (χ2n) is 8.38. The summed E-state index contributed by atoms with van der Waals surface area (Å²) in [6.07, 6.45) is 1.71. The molecule has 0 aliphatic heterocycles. The van der Waals surface area contributed by atoms with Gasteiger partial charge in [-0.05, 0) is 54.4 Å². The first-order valence-corrected chi connectivity index (χ1v) is 13.7. The normalized spacial score (nSPS) is 11.2. The standard InChI is InChI=1S/C27H24ClFN4O4S/c1-2-14-38(36,37)24-9-4-3-6-17(24)15-23-20(26(35)33-25-21(28)7-5-8-22(25)29)16-30-27(32-23)31-18-10-12-19(34)13-11-18/h3-13,16,34H,2,14-15H2,1H3,(H,33,35)(H,30,31,32). The van der Waals surface area contributed by atoms with E-state index in [0.717, 1.165) is 0 Å². The van der Waals surface area contributed by atoms with Gasteiger partial charge in [0.2, 0.25) is 5.95 Å². The topological polar surface area (TPSA) is 121 Å². The van der Waals surface area contributed by atoms with Crippen molar-refractivity contribution < 1.29 is 22.7 Å². The molecule has 0 fully saturated rings. The van der Waals surface area contributed by atoms with E-state index in [9.17, 15) is 22.7 Å². The van der Waals surface area contributed by atoms with Crippen molar-refractivity contribution in [3.05, 3.63) is 101 Å². The molecule has 11 heteroatoms. The van der Waals surface area contributed by atoms with Gasteiger partial charge in [0.1, 0.15) is 11.6 Å². The number of rotatable bonds is 9. The van der Waals surface area contributed by atoms with Gasteiger partial charge in [0.15, 0.2) is 9.84 Å². The van der Waals surface area contributed by atoms with Gasteiger partial charge in [0.05, 0.1) is 32.6 Å². The summed E-state index contributed by atoms with van der Waals surface area (Å²) in [7, 11) is -3.57. The van der Waals surface area contributed by atoms with Crippen molar-refractivity contribution in [3.8, 4) is 5.75 Å². The zero-order valence-electron chi connectivity index (χ0n) is 20.3. The molecule has 1 amide bonds. The van der Waals surface area contributed by atoms with Crippen LogP contribution in [0, 0.1) is 5.82 Å². The lowest BCUT2D eigenvalue weighted by Crippen LogP contribution is -2.18. The number of halogens is 2. The molecule has 196 valence electrons. The molecule has 38 heavy (non-hydrogen) atoms. The summed E-state index contributed by atoms with van der Waals surface area (Å²) in [4.78, 5) is 22.1. The van der Waals surface area contributed by atoms with Gasteiger partial charge in [-0.2, -0.15) is 0 Å². The largest absolute Gasteiger partial charge is 0.508 e. The molecule has 0 saturated heterocycles. The maximum absolute atomic E-state index is 14.3. The Balaban J connectivity index is 1.75. The highest BCUT2D eigenvalue weighted by molar-refractivity contribution is 7.91. The van der Waals surface area contributed by atoms with E-state index in [-0.39, 0.29) is 50.7 Å². The van der Waals surface area contributed by atoms with Crippen LogP contribution in [0.1, 0.15) is 35.0 Å². The lowest BCUT2D eigenvalue weighted by atomic mass is 10.1. The molecule has 4 rings (SSSR count). The third kappa shape index (κ3) is 6.27. The number of phenols is 1. The van der Waals surface area contributed by atoms with E-state index >= 15 is 0 Å². The highest BCUT2D eigenvalue weighted by Gasteiger charge is 2.22.